The van der Waals surface area contributed by atoms with Crippen LogP contribution in [0.2, 0.25) is 0 Å². The van der Waals surface area contributed by atoms with Gasteiger partial charge in [-0.05, 0) is 35.9 Å². The number of anilines is 1. The van der Waals surface area contributed by atoms with Crippen molar-refractivity contribution in [2.45, 2.75) is 0 Å². The maximum Gasteiger partial charge on any atom is 0.270 e. The Kier molecular flexibility index (Phi) is 3.91. The number of para-hydroxylation sites is 1. The molecule has 27 heavy (non-hydrogen) atoms. The second kappa shape index (κ2) is 6.44. The van der Waals surface area contributed by atoms with Gasteiger partial charge in [0.15, 0.2) is 15.8 Å². The maximum absolute atomic E-state index is 12.9. The van der Waals surface area contributed by atoms with Crippen molar-refractivity contribution in [3.8, 4) is 17.2 Å². The summed E-state index contributed by atoms with van der Waals surface area (Å²) in [5, 5.41) is 0. The van der Waals surface area contributed by atoms with Gasteiger partial charge in [-0.25, -0.2) is 0 Å². The zero-order valence-corrected chi connectivity index (χ0v) is 15.6. The van der Waals surface area contributed by atoms with E-state index in [4.69, 9.17) is 26.4 Å². The molecule has 3 aliphatic rings. The normalized spacial score (nSPS) is 19.2. The fourth-order valence-corrected chi connectivity index (χ4v) is 4.41. The lowest BCUT2D eigenvalue weighted by Gasteiger charge is -2.16. The summed E-state index contributed by atoms with van der Waals surface area (Å²) in [4.78, 5) is 15.0. The Morgan fingerprint density at radius 2 is 1.89 bits per heavy atom. The number of thiocarbonyl (C=S) groups is 1. The topological polar surface area (TPSA) is 48.0 Å². The smallest absolute Gasteiger partial charge is 0.270 e. The van der Waals surface area contributed by atoms with Crippen LogP contribution in [0.15, 0.2) is 59.0 Å². The van der Waals surface area contributed by atoms with Gasteiger partial charge in [0, 0.05) is 11.6 Å². The van der Waals surface area contributed by atoms with Crippen molar-refractivity contribution in [2.24, 2.45) is 0 Å². The van der Waals surface area contributed by atoms with Crippen LogP contribution in [-0.2, 0) is 4.79 Å². The monoisotopic (exact) mass is 395 g/mol. The van der Waals surface area contributed by atoms with Crippen molar-refractivity contribution in [1.29, 1.82) is 0 Å². The standard InChI is InChI=1S/C20H13NO4S2/c22-19-18(8-12-7-13-3-1-2-4-15(13)23-10-12)27-20(26)21(19)14-5-6-16-17(9-14)25-11-24-16/h1-9H,10-11H2. The lowest BCUT2D eigenvalue weighted by Crippen LogP contribution is -2.27. The average Bonchev–Trinajstić information content (AvgIpc) is 3.25. The lowest BCUT2D eigenvalue weighted by atomic mass is 10.1. The van der Waals surface area contributed by atoms with Gasteiger partial charge in [0.1, 0.15) is 12.4 Å². The Bertz CT molecular complexity index is 1040. The minimum Gasteiger partial charge on any atom is -0.488 e. The molecule has 0 saturated carbocycles. The Morgan fingerprint density at radius 3 is 2.81 bits per heavy atom. The van der Waals surface area contributed by atoms with E-state index in [1.165, 1.54) is 16.7 Å². The highest BCUT2D eigenvalue weighted by Crippen LogP contribution is 2.41. The molecule has 0 atom stereocenters. The molecule has 134 valence electrons. The first-order chi connectivity index (χ1) is 13.2. The molecule has 0 unspecified atom stereocenters. The molecule has 3 aliphatic heterocycles. The minimum atomic E-state index is -0.149. The zero-order chi connectivity index (χ0) is 18.4. The predicted molar refractivity (Wildman–Crippen MR) is 108 cm³/mol. The van der Waals surface area contributed by atoms with Crippen molar-refractivity contribution in [3.63, 3.8) is 0 Å². The highest BCUT2D eigenvalue weighted by atomic mass is 32.2. The van der Waals surface area contributed by atoms with Crippen LogP contribution in [0, 0.1) is 0 Å². The number of fused-ring (bicyclic) bond motifs is 2. The van der Waals surface area contributed by atoms with Gasteiger partial charge in [0.2, 0.25) is 6.79 Å². The fraction of sp³-hybridized carbons (Fsp3) is 0.100. The van der Waals surface area contributed by atoms with E-state index in [0.29, 0.717) is 33.0 Å². The van der Waals surface area contributed by atoms with Crippen molar-refractivity contribution in [1.82, 2.24) is 0 Å². The summed E-state index contributed by atoms with van der Waals surface area (Å²) in [5.74, 6) is 1.99. The summed E-state index contributed by atoms with van der Waals surface area (Å²) >= 11 is 6.73. The van der Waals surface area contributed by atoms with Crippen molar-refractivity contribution in [2.75, 3.05) is 18.3 Å². The molecule has 5 nitrogen and oxygen atoms in total. The van der Waals surface area contributed by atoms with Gasteiger partial charge in [-0.15, -0.1) is 0 Å². The molecule has 0 N–H and O–H groups in total. The van der Waals surface area contributed by atoms with Gasteiger partial charge in [-0.2, -0.15) is 0 Å². The molecule has 2 aromatic carbocycles. The largest absolute Gasteiger partial charge is 0.488 e. The molecule has 7 heteroatoms. The van der Waals surface area contributed by atoms with Crippen molar-refractivity contribution in [3.05, 3.63) is 64.6 Å². The second-order valence-electron chi connectivity index (χ2n) is 6.10. The summed E-state index contributed by atoms with van der Waals surface area (Å²) in [6, 6.07) is 13.2. The van der Waals surface area contributed by atoms with Gasteiger partial charge in [0.05, 0.1) is 10.6 Å². The molecule has 0 aliphatic carbocycles. The molecular formula is C20H13NO4S2. The molecule has 0 aromatic heterocycles. The van der Waals surface area contributed by atoms with Gasteiger partial charge in [-0.3, -0.25) is 9.69 Å². The molecule has 0 radical (unpaired) electrons. The molecule has 0 spiro atoms. The number of benzene rings is 2. The Balaban J connectivity index is 1.45. The fourth-order valence-electron chi connectivity index (χ4n) is 3.10. The quantitative estimate of drug-likeness (QED) is 0.563. The van der Waals surface area contributed by atoms with E-state index in [1.54, 1.807) is 18.2 Å². The van der Waals surface area contributed by atoms with E-state index in [1.807, 2.05) is 36.4 Å². The number of rotatable bonds is 2. The molecule has 0 bridgehead atoms. The molecule has 1 saturated heterocycles. The Morgan fingerprint density at radius 1 is 1.04 bits per heavy atom. The van der Waals surface area contributed by atoms with Crippen LogP contribution >= 0.6 is 24.0 Å². The third-order valence-electron chi connectivity index (χ3n) is 4.38. The number of carbonyl (C=O) groups excluding carboxylic acids is 1. The lowest BCUT2D eigenvalue weighted by molar-refractivity contribution is -0.113. The summed E-state index contributed by atoms with van der Waals surface area (Å²) in [6.07, 6.45) is 3.88. The Hall–Kier alpha value is -2.77. The van der Waals surface area contributed by atoms with Crippen molar-refractivity contribution < 1.29 is 19.0 Å². The van der Waals surface area contributed by atoms with E-state index in [0.717, 1.165) is 16.9 Å². The minimum absolute atomic E-state index is 0.149. The number of nitrogens with zero attached hydrogens (tertiary/aromatic N) is 1. The molecule has 1 fully saturated rings. The third-order valence-corrected chi connectivity index (χ3v) is 5.68. The van der Waals surface area contributed by atoms with Crippen LogP contribution in [0.1, 0.15) is 5.56 Å². The molecule has 2 aromatic rings. The number of thioether (sulfide) groups is 1. The van der Waals surface area contributed by atoms with E-state index >= 15 is 0 Å². The van der Waals surface area contributed by atoms with E-state index < -0.39 is 0 Å². The summed E-state index contributed by atoms with van der Waals surface area (Å²) in [6.45, 7) is 0.609. The maximum atomic E-state index is 12.9. The number of hydrogen-bond donors (Lipinski definition) is 0. The third kappa shape index (κ3) is 2.89. The van der Waals surface area contributed by atoms with Gasteiger partial charge in [-0.1, -0.05) is 42.2 Å². The first-order valence-corrected chi connectivity index (χ1v) is 9.51. The Labute approximate surface area is 165 Å². The van der Waals surface area contributed by atoms with Crippen LogP contribution in [0.3, 0.4) is 0 Å². The van der Waals surface area contributed by atoms with Crippen LogP contribution in [0.5, 0.6) is 17.2 Å². The predicted octanol–water partition coefficient (Wildman–Crippen LogP) is 4.14. The van der Waals surface area contributed by atoms with E-state index in [9.17, 15) is 4.79 Å². The molecule has 1 amide bonds. The molecule has 3 heterocycles. The van der Waals surface area contributed by atoms with Gasteiger partial charge < -0.3 is 14.2 Å². The van der Waals surface area contributed by atoms with Crippen LogP contribution in [-0.4, -0.2) is 23.6 Å². The van der Waals surface area contributed by atoms with Gasteiger partial charge in [0.25, 0.3) is 5.91 Å². The summed E-state index contributed by atoms with van der Waals surface area (Å²) in [7, 11) is 0. The van der Waals surface area contributed by atoms with Gasteiger partial charge >= 0.3 is 0 Å². The second-order valence-corrected chi connectivity index (χ2v) is 7.78. The van der Waals surface area contributed by atoms with Crippen molar-refractivity contribution >= 4 is 46.0 Å². The SMILES string of the molecule is O=C1C(=CC2=Cc3ccccc3OC2)SC(=S)N1c1ccc2c(c1)OCO2. The van der Waals surface area contributed by atoms with Crippen LogP contribution in [0.4, 0.5) is 5.69 Å². The van der Waals surface area contributed by atoms with Crippen LogP contribution < -0.4 is 19.1 Å². The number of hydrogen-bond acceptors (Lipinski definition) is 6. The van der Waals surface area contributed by atoms with E-state index in [2.05, 4.69) is 0 Å². The highest BCUT2D eigenvalue weighted by Gasteiger charge is 2.34. The molecular weight excluding hydrogens is 382 g/mol. The first-order valence-electron chi connectivity index (χ1n) is 8.29. The zero-order valence-electron chi connectivity index (χ0n) is 14.0. The highest BCUT2D eigenvalue weighted by molar-refractivity contribution is 8.27. The number of carbonyl (C=O) groups is 1. The average molecular weight is 395 g/mol. The first kappa shape index (κ1) is 16.4. The number of amides is 1. The molecule has 5 rings (SSSR count). The van der Waals surface area contributed by atoms with Crippen LogP contribution in [0.25, 0.3) is 6.08 Å². The summed E-state index contributed by atoms with van der Waals surface area (Å²) in [5.41, 5.74) is 2.60. The number of ether oxygens (including phenoxy) is 3. The summed E-state index contributed by atoms with van der Waals surface area (Å²) < 4.78 is 17.0. The van der Waals surface area contributed by atoms with E-state index in [-0.39, 0.29) is 12.7 Å².